The van der Waals surface area contributed by atoms with Crippen LogP contribution in [0, 0.1) is 0 Å². The summed E-state index contributed by atoms with van der Waals surface area (Å²) < 4.78 is 24.2. The lowest BCUT2D eigenvalue weighted by atomic mass is 9.99. The molecule has 0 bridgehead atoms. The molecular weight excluding hydrogens is 605 g/mol. The Hall–Kier alpha value is -2.87. The molecule has 2 amide bonds. The number of amides is 2. The number of carbonyl (C=O) groups excluding carboxylic acids is 2. The van der Waals surface area contributed by atoms with E-state index in [1.165, 1.54) is 17.8 Å². The number of sulfonamides is 1. The lowest BCUT2D eigenvalue weighted by Gasteiger charge is -2.29. The van der Waals surface area contributed by atoms with Gasteiger partial charge in [-0.1, -0.05) is 42.5 Å². The minimum Gasteiger partial charge on any atom is -0.392 e. The Morgan fingerprint density at radius 3 is 2.51 bits per heavy atom. The molecule has 1 aliphatic rings. The average molecular weight is 643 g/mol. The molecule has 0 aliphatic carbocycles. The number of anilines is 1. The highest BCUT2D eigenvalue weighted by Crippen LogP contribution is 2.38. The van der Waals surface area contributed by atoms with Crippen molar-refractivity contribution >= 4 is 51.0 Å². The molecule has 3 aromatic rings. The predicted octanol–water partition coefficient (Wildman–Crippen LogP) is 3.99. The van der Waals surface area contributed by atoms with Crippen LogP contribution in [0.1, 0.15) is 32.8 Å². The van der Waals surface area contributed by atoms with Crippen LogP contribution >= 0.6 is 23.5 Å². The first kappa shape index (κ1) is 33.0. The zero-order valence-electron chi connectivity index (χ0n) is 24.7. The van der Waals surface area contributed by atoms with Crippen LogP contribution < -0.4 is 20.7 Å². The normalized spacial score (nSPS) is 16.4. The molecule has 4 rings (SSSR count). The largest absolute Gasteiger partial charge is 0.392 e. The minimum atomic E-state index is -3.91. The van der Waals surface area contributed by atoms with Crippen molar-refractivity contribution in [2.45, 2.75) is 66.1 Å². The first-order chi connectivity index (χ1) is 20.3. The van der Waals surface area contributed by atoms with E-state index in [-0.39, 0.29) is 29.7 Å². The summed E-state index contributed by atoms with van der Waals surface area (Å²) in [6.07, 6.45) is 1.59. The van der Waals surface area contributed by atoms with Crippen LogP contribution in [0.3, 0.4) is 0 Å². The van der Waals surface area contributed by atoms with Crippen molar-refractivity contribution in [3.8, 4) is 11.1 Å². The van der Waals surface area contributed by atoms with Crippen molar-refractivity contribution in [3.05, 3.63) is 72.3 Å². The summed E-state index contributed by atoms with van der Waals surface area (Å²) in [6, 6.07) is 19.2. The Bertz CT molecular complexity index is 1580. The molecule has 0 aromatic heterocycles. The van der Waals surface area contributed by atoms with Gasteiger partial charge in [0.25, 0.3) is 5.91 Å². The van der Waals surface area contributed by atoms with E-state index < -0.39 is 27.7 Å². The van der Waals surface area contributed by atoms with Gasteiger partial charge < -0.3 is 20.6 Å². The Morgan fingerprint density at radius 2 is 1.86 bits per heavy atom. The van der Waals surface area contributed by atoms with Gasteiger partial charge in [-0.3, -0.25) is 9.59 Å². The van der Waals surface area contributed by atoms with E-state index in [0.717, 1.165) is 21.0 Å². The molecular formula is C31H38N4O5S3. The summed E-state index contributed by atoms with van der Waals surface area (Å²) in [5, 5.41) is 21.2. The van der Waals surface area contributed by atoms with Gasteiger partial charge in [-0.2, -0.15) is 0 Å². The number of benzene rings is 3. The highest BCUT2D eigenvalue weighted by Gasteiger charge is 2.33. The van der Waals surface area contributed by atoms with E-state index in [4.69, 9.17) is 5.14 Å². The van der Waals surface area contributed by atoms with Crippen LogP contribution in [-0.2, 0) is 26.2 Å². The summed E-state index contributed by atoms with van der Waals surface area (Å²) in [5.41, 5.74) is 2.23. The molecule has 0 saturated carbocycles. The number of carbonyl (C=O) groups is 2. The maximum absolute atomic E-state index is 14.0. The molecule has 0 unspecified atom stereocenters. The zero-order chi connectivity index (χ0) is 31.4. The van der Waals surface area contributed by atoms with Crippen LogP contribution in [0.4, 0.5) is 5.69 Å². The molecule has 5 N–H and O–H groups in total. The molecule has 0 fully saturated rings. The van der Waals surface area contributed by atoms with Crippen molar-refractivity contribution < 1.29 is 23.1 Å². The Balaban J connectivity index is 1.59. The molecule has 230 valence electrons. The van der Waals surface area contributed by atoms with Gasteiger partial charge in [0.1, 0.15) is 6.04 Å². The second-order valence-corrected chi connectivity index (χ2v) is 14.7. The van der Waals surface area contributed by atoms with Crippen molar-refractivity contribution in [1.82, 2.24) is 10.6 Å². The number of hydrogen-bond donors (Lipinski definition) is 4. The predicted molar refractivity (Wildman–Crippen MR) is 174 cm³/mol. The number of nitrogens with one attached hydrogen (secondary N) is 2. The lowest BCUT2D eigenvalue weighted by molar-refractivity contribution is -0.127. The van der Waals surface area contributed by atoms with E-state index in [2.05, 4.69) is 16.7 Å². The van der Waals surface area contributed by atoms with Gasteiger partial charge in [0, 0.05) is 39.6 Å². The summed E-state index contributed by atoms with van der Waals surface area (Å²) in [5.74, 6) is -0.0815. The van der Waals surface area contributed by atoms with E-state index in [1.807, 2.05) is 56.5 Å². The summed E-state index contributed by atoms with van der Waals surface area (Å²) in [6.45, 7) is 6.06. The van der Waals surface area contributed by atoms with Gasteiger partial charge >= 0.3 is 0 Å². The highest BCUT2D eigenvalue weighted by atomic mass is 32.2. The van der Waals surface area contributed by atoms with Crippen LogP contribution in [0.5, 0.6) is 0 Å². The molecule has 0 spiro atoms. The SMILES string of the molecule is CSc1ccc2c(c1)SC[C@@H](NC(=O)CC(C)(C)NC[C@@H](C)O)C(=O)N2Cc1ccc(-c2ccccc2S(N)(=O)=O)cc1. The quantitative estimate of drug-likeness (QED) is 0.230. The number of nitrogens with zero attached hydrogens (tertiary/aromatic N) is 1. The summed E-state index contributed by atoms with van der Waals surface area (Å²) >= 11 is 3.15. The fourth-order valence-corrected chi connectivity index (χ4v) is 7.22. The number of thioether (sulfide) groups is 2. The topological polar surface area (TPSA) is 142 Å². The van der Waals surface area contributed by atoms with Gasteiger partial charge in [-0.25, -0.2) is 13.6 Å². The number of β-amino-alcohol motifs (C(OH)–C–C–N with tert-alkyl or cyclic N) is 1. The van der Waals surface area contributed by atoms with E-state index in [0.29, 0.717) is 23.4 Å². The highest BCUT2D eigenvalue weighted by molar-refractivity contribution is 8.00. The Morgan fingerprint density at radius 1 is 1.16 bits per heavy atom. The first-order valence-corrected chi connectivity index (χ1v) is 17.6. The average Bonchev–Trinajstić information content (AvgIpc) is 3.07. The van der Waals surface area contributed by atoms with Crippen LogP contribution in [-0.4, -0.2) is 61.6 Å². The van der Waals surface area contributed by atoms with Crippen molar-refractivity contribution in [1.29, 1.82) is 0 Å². The minimum absolute atomic E-state index is 0.0452. The third-order valence-corrected chi connectivity index (χ3v) is 9.87. The van der Waals surface area contributed by atoms with Gasteiger partial charge in [-0.05, 0) is 62.4 Å². The molecule has 12 heteroatoms. The van der Waals surface area contributed by atoms with Gasteiger partial charge in [0.2, 0.25) is 15.9 Å². The number of primary sulfonamides is 1. The monoisotopic (exact) mass is 642 g/mol. The molecule has 2 atom stereocenters. The van der Waals surface area contributed by atoms with Gasteiger partial charge in [0.05, 0.1) is 23.2 Å². The molecule has 1 heterocycles. The third kappa shape index (κ3) is 8.62. The van der Waals surface area contributed by atoms with E-state index in [1.54, 1.807) is 41.8 Å². The number of hydrogen-bond acceptors (Lipinski definition) is 8. The molecule has 43 heavy (non-hydrogen) atoms. The standard InChI is InChI=1S/C31H38N4O5S3/c1-20(36)17-33-31(2,3)16-29(37)34-25-19-42-27-15-23(41-4)13-14-26(27)35(30(25)38)18-21-9-11-22(12-10-21)24-7-5-6-8-28(24)43(32,39)40/h5-15,20,25,33,36H,16-19H2,1-4H3,(H,34,37)(H2,32,39,40)/t20-,25-/m1/s1. The van der Waals surface area contributed by atoms with Gasteiger partial charge in [0.15, 0.2) is 0 Å². The first-order valence-electron chi connectivity index (χ1n) is 13.8. The molecule has 0 saturated heterocycles. The molecule has 3 aromatic carbocycles. The number of rotatable bonds is 11. The van der Waals surface area contributed by atoms with Crippen molar-refractivity contribution in [2.75, 3.05) is 23.5 Å². The van der Waals surface area contributed by atoms with Crippen molar-refractivity contribution in [3.63, 3.8) is 0 Å². The fourth-order valence-electron chi connectivity index (χ4n) is 4.84. The second-order valence-electron chi connectivity index (χ2n) is 11.2. The van der Waals surface area contributed by atoms with E-state index >= 15 is 0 Å². The van der Waals surface area contributed by atoms with E-state index in [9.17, 15) is 23.1 Å². The van der Waals surface area contributed by atoms with Crippen LogP contribution in [0.2, 0.25) is 0 Å². The molecule has 9 nitrogen and oxygen atoms in total. The Labute approximate surface area is 262 Å². The molecule has 0 radical (unpaired) electrons. The second kappa shape index (κ2) is 13.8. The third-order valence-electron chi connectivity index (χ3n) is 7.04. The number of fused-ring (bicyclic) bond motifs is 1. The number of aliphatic hydroxyl groups is 1. The lowest BCUT2D eigenvalue weighted by Crippen LogP contribution is -2.52. The summed E-state index contributed by atoms with van der Waals surface area (Å²) in [7, 11) is -3.91. The Kier molecular flexibility index (Phi) is 10.6. The fraction of sp³-hybridized carbons (Fsp3) is 0.355. The maximum Gasteiger partial charge on any atom is 0.250 e. The smallest absolute Gasteiger partial charge is 0.250 e. The number of aliphatic hydroxyl groups excluding tert-OH is 1. The molecule has 1 aliphatic heterocycles. The van der Waals surface area contributed by atoms with Crippen molar-refractivity contribution in [2.24, 2.45) is 5.14 Å². The zero-order valence-corrected chi connectivity index (χ0v) is 27.1. The summed E-state index contributed by atoms with van der Waals surface area (Å²) in [4.78, 5) is 30.9. The van der Waals surface area contributed by atoms with Crippen LogP contribution in [0.25, 0.3) is 11.1 Å². The van der Waals surface area contributed by atoms with Gasteiger partial charge in [-0.15, -0.1) is 23.5 Å². The number of nitrogens with two attached hydrogens (primary N) is 1. The maximum atomic E-state index is 14.0. The van der Waals surface area contributed by atoms with Crippen LogP contribution in [0.15, 0.2) is 81.4 Å².